The predicted octanol–water partition coefficient (Wildman–Crippen LogP) is 2.51. The summed E-state index contributed by atoms with van der Waals surface area (Å²) in [5, 5.41) is 12.5. The maximum absolute atomic E-state index is 13.5. The zero-order valence-corrected chi connectivity index (χ0v) is 18.3. The van der Waals surface area contributed by atoms with E-state index in [9.17, 15) is 28.3 Å². The molecule has 3 heterocycles. The molecule has 176 valence electrons. The van der Waals surface area contributed by atoms with Crippen LogP contribution in [0.3, 0.4) is 0 Å². The van der Waals surface area contributed by atoms with Crippen molar-refractivity contribution in [1.82, 2.24) is 15.2 Å². The average molecular weight is 484 g/mol. The minimum Gasteiger partial charge on any atom is -0.480 e. The van der Waals surface area contributed by atoms with Crippen LogP contribution in [0.15, 0.2) is 42.3 Å². The number of urea groups is 1. The number of carboxylic acids is 1. The van der Waals surface area contributed by atoms with Gasteiger partial charge in [0.2, 0.25) is 5.91 Å². The van der Waals surface area contributed by atoms with E-state index in [-0.39, 0.29) is 6.42 Å². The molecular weight excluding hydrogens is 464 g/mol. The third-order valence-corrected chi connectivity index (χ3v) is 6.03. The second-order valence-electron chi connectivity index (χ2n) is 8.28. The number of hydrogen-bond acceptors (Lipinski definition) is 6. The molecule has 1 aromatic rings. The molecule has 3 aliphatic rings. The summed E-state index contributed by atoms with van der Waals surface area (Å²) < 4.78 is 36.2. The van der Waals surface area contributed by atoms with Gasteiger partial charge in [0.15, 0.2) is 6.04 Å². The number of hydrogen-bond donors (Lipinski definition) is 2. The number of amides is 3. The Hall–Kier alpha value is -2.89. The summed E-state index contributed by atoms with van der Waals surface area (Å²) in [4.78, 5) is 41.7. The molecule has 5 atom stereocenters. The van der Waals surface area contributed by atoms with E-state index < -0.39 is 53.9 Å². The highest BCUT2D eigenvalue weighted by atomic mass is 35.5. The SMILES string of the molecule is C[C@@H](NC(=O)N1C(=O)[C@H](Cc2cncc(Cl)c2)[C@H]1C(=O)O)C1=CC2(C)OC(F)(F)OC2C=C1. The van der Waals surface area contributed by atoms with E-state index in [4.69, 9.17) is 16.3 Å². The summed E-state index contributed by atoms with van der Waals surface area (Å²) in [6, 6.07) is -1.44. The smallest absolute Gasteiger partial charge is 0.480 e. The highest BCUT2D eigenvalue weighted by Crippen LogP contribution is 2.43. The van der Waals surface area contributed by atoms with Crippen LogP contribution in [0, 0.1) is 5.92 Å². The molecule has 12 heteroatoms. The first kappa shape index (κ1) is 23.3. The Labute approximate surface area is 192 Å². The molecule has 2 aliphatic heterocycles. The minimum atomic E-state index is -3.74. The Morgan fingerprint density at radius 1 is 1.39 bits per heavy atom. The van der Waals surface area contributed by atoms with Gasteiger partial charge in [-0.2, -0.15) is 0 Å². The first-order valence-electron chi connectivity index (χ1n) is 10.0. The van der Waals surface area contributed by atoms with E-state index in [1.807, 2.05) is 0 Å². The number of carbonyl (C=O) groups is 3. The van der Waals surface area contributed by atoms with E-state index in [0.717, 1.165) is 0 Å². The Bertz CT molecular complexity index is 1080. The Kier molecular flexibility index (Phi) is 5.75. The van der Waals surface area contributed by atoms with Crippen molar-refractivity contribution in [3.05, 3.63) is 52.8 Å². The van der Waals surface area contributed by atoms with Crippen molar-refractivity contribution < 1.29 is 37.7 Å². The monoisotopic (exact) mass is 483 g/mol. The van der Waals surface area contributed by atoms with Gasteiger partial charge in [0.1, 0.15) is 11.7 Å². The largest absolute Gasteiger partial charge is 0.487 e. The molecule has 2 N–H and O–H groups in total. The predicted molar refractivity (Wildman–Crippen MR) is 109 cm³/mol. The maximum atomic E-state index is 13.5. The number of halogens is 3. The van der Waals surface area contributed by atoms with Crippen LogP contribution >= 0.6 is 11.6 Å². The number of rotatable bonds is 5. The van der Waals surface area contributed by atoms with E-state index in [0.29, 0.717) is 21.1 Å². The van der Waals surface area contributed by atoms with Gasteiger partial charge in [-0.1, -0.05) is 23.8 Å². The number of fused-ring (bicyclic) bond motifs is 1. The number of pyridine rings is 1. The number of β-lactam (4-membered cyclic amide) rings is 1. The summed E-state index contributed by atoms with van der Waals surface area (Å²) >= 11 is 5.89. The molecule has 1 aliphatic carbocycles. The van der Waals surface area contributed by atoms with E-state index >= 15 is 0 Å². The van der Waals surface area contributed by atoms with Crippen molar-refractivity contribution in [2.45, 2.75) is 50.4 Å². The van der Waals surface area contributed by atoms with Crippen LogP contribution in [0.5, 0.6) is 0 Å². The summed E-state index contributed by atoms with van der Waals surface area (Å²) in [6.45, 7) is 2.99. The summed E-state index contributed by atoms with van der Waals surface area (Å²) in [5.41, 5.74) is -0.444. The van der Waals surface area contributed by atoms with Gasteiger partial charge in [-0.3, -0.25) is 19.3 Å². The highest BCUT2D eigenvalue weighted by molar-refractivity contribution is 6.30. The van der Waals surface area contributed by atoms with Gasteiger partial charge in [-0.05, 0) is 43.5 Å². The third-order valence-electron chi connectivity index (χ3n) is 5.83. The molecule has 1 aromatic heterocycles. The lowest BCUT2D eigenvalue weighted by Crippen LogP contribution is -2.69. The standard InChI is InChI=1S/C21H20ClF2N3O6/c1-10(12-3-4-15-20(2,7-12)33-21(23,24)32-15)26-19(31)27-16(18(29)30)14(17(27)28)6-11-5-13(22)9-25-8-11/h3-5,7-10,14-16H,6H2,1-2H3,(H,26,31)(H,29,30)/t10-,14-,15?,16+,20?/m1/s1. The molecule has 0 saturated carbocycles. The number of alkyl halides is 2. The number of nitrogens with one attached hydrogen (secondary N) is 1. The van der Waals surface area contributed by atoms with Gasteiger partial charge in [0, 0.05) is 12.4 Å². The number of nitrogens with zero attached hydrogens (tertiary/aromatic N) is 2. The molecule has 0 radical (unpaired) electrons. The molecule has 3 amide bonds. The highest BCUT2D eigenvalue weighted by Gasteiger charge is 2.57. The second kappa shape index (κ2) is 8.15. The van der Waals surface area contributed by atoms with Crippen molar-refractivity contribution in [1.29, 1.82) is 0 Å². The van der Waals surface area contributed by atoms with Crippen LogP contribution in [-0.4, -0.2) is 63.0 Å². The normalized spacial score (nSPS) is 30.8. The Morgan fingerprint density at radius 3 is 2.79 bits per heavy atom. The van der Waals surface area contributed by atoms with Gasteiger partial charge in [0.25, 0.3) is 0 Å². The van der Waals surface area contributed by atoms with Gasteiger partial charge >= 0.3 is 18.3 Å². The van der Waals surface area contributed by atoms with Crippen molar-refractivity contribution in [2.24, 2.45) is 5.92 Å². The molecule has 0 spiro atoms. The van der Waals surface area contributed by atoms with E-state index in [1.165, 1.54) is 37.5 Å². The fourth-order valence-electron chi connectivity index (χ4n) is 4.21. The number of imide groups is 1. The van der Waals surface area contributed by atoms with Gasteiger partial charge in [-0.15, -0.1) is 8.78 Å². The lowest BCUT2D eigenvalue weighted by molar-refractivity contribution is -0.353. The fourth-order valence-corrected chi connectivity index (χ4v) is 4.40. The van der Waals surface area contributed by atoms with Crippen LogP contribution < -0.4 is 5.32 Å². The van der Waals surface area contributed by atoms with Crippen molar-refractivity contribution in [2.75, 3.05) is 0 Å². The zero-order chi connectivity index (χ0) is 24.1. The third kappa shape index (κ3) is 4.35. The summed E-state index contributed by atoms with van der Waals surface area (Å²) in [7, 11) is 0. The molecule has 2 fully saturated rings. The lowest BCUT2D eigenvalue weighted by Gasteiger charge is -2.43. The molecule has 0 aromatic carbocycles. The number of carbonyl (C=O) groups excluding carboxylic acids is 2. The van der Waals surface area contributed by atoms with E-state index in [2.05, 4.69) is 15.0 Å². The molecule has 4 rings (SSSR count). The van der Waals surface area contributed by atoms with Crippen LogP contribution in [0.4, 0.5) is 13.6 Å². The topological polar surface area (TPSA) is 118 Å². The van der Waals surface area contributed by atoms with Gasteiger partial charge in [0.05, 0.1) is 17.0 Å². The number of likely N-dealkylation sites (tertiary alicyclic amines) is 1. The van der Waals surface area contributed by atoms with Crippen molar-refractivity contribution in [3.8, 4) is 0 Å². The van der Waals surface area contributed by atoms with Crippen LogP contribution in [-0.2, 0) is 25.5 Å². The molecule has 2 unspecified atom stereocenters. The number of aliphatic carboxylic acids is 1. The lowest BCUT2D eigenvalue weighted by atomic mass is 9.83. The van der Waals surface area contributed by atoms with Crippen LogP contribution in [0.2, 0.25) is 5.02 Å². The zero-order valence-electron chi connectivity index (χ0n) is 17.5. The first-order chi connectivity index (χ1) is 15.4. The number of carboxylic acid groups (broad SMARTS) is 1. The molecule has 2 saturated heterocycles. The molecular formula is C21H20ClF2N3O6. The summed E-state index contributed by atoms with van der Waals surface area (Å²) in [5.74, 6) is -2.94. The number of aromatic nitrogens is 1. The van der Waals surface area contributed by atoms with Crippen LogP contribution in [0.25, 0.3) is 0 Å². The van der Waals surface area contributed by atoms with Crippen LogP contribution in [0.1, 0.15) is 19.4 Å². The van der Waals surface area contributed by atoms with Gasteiger partial charge < -0.3 is 10.4 Å². The molecule has 0 bridgehead atoms. The van der Waals surface area contributed by atoms with E-state index in [1.54, 1.807) is 13.0 Å². The average Bonchev–Trinajstić information content (AvgIpc) is 2.96. The van der Waals surface area contributed by atoms with Gasteiger partial charge in [-0.25, -0.2) is 14.5 Å². The Balaban J connectivity index is 1.45. The second-order valence-corrected chi connectivity index (χ2v) is 8.71. The van der Waals surface area contributed by atoms with Crippen molar-refractivity contribution in [3.63, 3.8) is 0 Å². The molecule has 33 heavy (non-hydrogen) atoms. The summed E-state index contributed by atoms with van der Waals surface area (Å²) in [6.07, 6.45) is 2.49. The van der Waals surface area contributed by atoms with Crippen molar-refractivity contribution >= 4 is 29.5 Å². The maximum Gasteiger partial charge on any atom is 0.487 e. The molecule has 9 nitrogen and oxygen atoms in total. The quantitative estimate of drug-likeness (QED) is 0.618. The Morgan fingerprint density at radius 2 is 2.12 bits per heavy atom. The minimum absolute atomic E-state index is 0.0574. The fraction of sp³-hybridized carbons (Fsp3) is 0.429. The number of ether oxygens (including phenoxy) is 2. The first-order valence-corrected chi connectivity index (χ1v) is 10.4.